The average molecular weight is 423 g/mol. The van der Waals surface area contributed by atoms with E-state index in [2.05, 4.69) is 25.5 Å². The number of nitrogens with zero attached hydrogens (tertiary/aromatic N) is 5. The lowest BCUT2D eigenvalue weighted by molar-refractivity contribution is 0.0941. The van der Waals surface area contributed by atoms with Crippen LogP contribution in [0, 0.1) is 6.92 Å². The van der Waals surface area contributed by atoms with Crippen molar-refractivity contribution in [2.45, 2.75) is 45.8 Å². The molecule has 9 heteroatoms. The number of piperidine rings is 1. The van der Waals surface area contributed by atoms with Crippen molar-refractivity contribution in [2.75, 3.05) is 30.4 Å². The number of anilines is 2. The van der Waals surface area contributed by atoms with Gasteiger partial charge in [-0.05, 0) is 32.8 Å². The van der Waals surface area contributed by atoms with E-state index < -0.39 is 0 Å². The van der Waals surface area contributed by atoms with Crippen LogP contribution in [0.2, 0.25) is 0 Å². The van der Waals surface area contributed by atoms with Gasteiger partial charge in [-0.2, -0.15) is 4.98 Å². The van der Waals surface area contributed by atoms with Crippen molar-refractivity contribution in [1.29, 1.82) is 0 Å². The molecule has 0 spiro atoms. The van der Waals surface area contributed by atoms with E-state index in [9.17, 15) is 4.79 Å². The Balaban J connectivity index is 1.58. The number of hydrogen-bond acceptors (Lipinski definition) is 7. The largest absolute Gasteiger partial charge is 0.371 e. The van der Waals surface area contributed by atoms with Crippen molar-refractivity contribution in [2.24, 2.45) is 5.73 Å². The maximum atomic E-state index is 13.2. The Morgan fingerprint density at radius 3 is 2.81 bits per heavy atom. The summed E-state index contributed by atoms with van der Waals surface area (Å²) in [4.78, 5) is 29.2. The van der Waals surface area contributed by atoms with Gasteiger partial charge in [0.1, 0.15) is 5.82 Å². The minimum absolute atomic E-state index is 0.124. The van der Waals surface area contributed by atoms with Gasteiger partial charge < -0.3 is 25.8 Å². The Hall–Kier alpha value is -3.20. The maximum absolute atomic E-state index is 13.2. The summed E-state index contributed by atoms with van der Waals surface area (Å²) < 4.78 is 1.95. The van der Waals surface area contributed by atoms with Gasteiger partial charge in [0.2, 0.25) is 5.95 Å². The van der Waals surface area contributed by atoms with Crippen LogP contribution in [-0.2, 0) is 13.1 Å². The number of imidazole rings is 1. The molecule has 2 aromatic heterocycles. The average Bonchev–Trinajstić information content (AvgIpc) is 3.16. The molecule has 3 aromatic rings. The van der Waals surface area contributed by atoms with Gasteiger partial charge in [-0.1, -0.05) is 18.2 Å². The fourth-order valence-electron chi connectivity index (χ4n) is 4.20. The molecule has 0 aliphatic carbocycles. The van der Waals surface area contributed by atoms with Crippen LogP contribution in [0.4, 0.5) is 11.8 Å². The SMILES string of the molecule is CCn1c(N2CCC[C@@H](N)C2)nc(NC)c1C(=O)NCc1nc(C)c2ccccc2n1. The van der Waals surface area contributed by atoms with Gasteiger partial charge in [0.25, 0.3) is 5.91 Å². The molecule has 0 bridgehead atoms. The number of nitrogens with two attached hydrogens (primary N) is 1. The molecule has 9 nitrogen and oxygen atoms in total. The smallest absolute Gasteiger partial charge is 0.272 e. The van der Waals surface area contributed by atoms with E-state index >= 15 is 0 Å². The Bertz CT molecular complexity index is 1090. The van der Waals surface area contributed by atoms with E-state index in [0.717, 1.165) is 48.5 Å². The second kappa shape index (κ2) is 8.89. The van der Waals surface area contributed by atoms with E-state index in [-0.39, 0.29) is 18.5 Å². The number of benzene rings is 1. The second-order valence-corrected chi connectivity index (χ2v) is 7.88. The second-order valence-electron chi connectivity index (χ2n) is 7.88. The minimum atomic E-state index is -0.208. The first-order valence-corrected chi connectivity index (χ1v) is 10.8. The summed E-state index contributed by atoms with van der Waals surface area (Å²) >= 11 is 0. The van der Waals surface area contributed by atoms with Gasteiger partial charge in [0.15, 0.2) is 11.5 Å². The Labute approximate surface area is 182 Å². The summed E-state index contributed by atoms with van der Waals surface area (Å²) in [7, 11) is 1.78. The third-order valence-corrected chi connectivity index (χ3v) is 5.70. The Morgan fingerprint density at radius 2 is 2.06 bits per heavy atom. The van der Waals surface area contributed by atoms with Crippen molar-refractivity contribution < 1.29 is 4.79 Å². The van der Waals surface area contributed by atoms with Crippen molar-refractivity contribution in [3.63, 3.8) is 0 Å². The van der Waals surface area contributed by atoms with Gasteiger partial charge in [-0.15, -0.1) is 0 Å². The molecule has 1 amide bonds. The van der Waals surface area contributed by atoms with Crippen LogP contribution in [0.15, 0.2) is 24.3 Å². The number of rotatable bonds is 6. The van der Waals surface area contributed by atoms with Crippen molar-refractivity contribution in [3.8, 4) is 0 Å². The van der Waals surface area contributed by atoms with E-state index in [1.165, 1.54) is 0 Å². The molecule has 4 N–H and O–H groups in total. The zero-order valence-electron chi connectivity index (χ0n) is 18.4. The number of amides is 1. The van der Waals surface area contributed by atoms with Gasteiger partial charge in [0.05, 0.1) is 12.1 Å². The molecule has 0 saturated carbocycles. The molecule has 1 aliphatic rings. The van der Waals surface area contributed by atoms with Gasteiger partial charge in [-0.3, -0.25) is 4.79 Å². The van der Waals surface area contributed by atoms with Crippen LogP contribution in [0.1, 0.15) is 41.8 Å². The molecule has 1 atom stereocenters. The summed E-state index contributed by atoms with van der Waals surface area (Å²) in [5, 5.41) is 7.06. The minimum Gasteiger partial charge on any atom is -0.371 e. The standard InChI is InChI=1S/C22H30N8O/c1-4-30-19(20(24-3)28-22(30)29-11-7-8-15(23)13-29)21(31)25-12-18-26-14(2)16-9-5-6-10-17(16)27-18/h5-6,9-10,15,24H,4,7-8,11-13,23H2,1-3H3,(H,25,31)/t15-/m1/s1. The Kier molecular flexibility index (Phi) is 6.03. The van der Waals surface area contributed by atoms with Gasteiger partial charge in [0, 0.05) is 43.8 Å². The molecule has 164 valence electrons. The molecule has 1 saturated heterocycles. The van der Waals surface area contributed by atoms with Crippen LogP contribution < -0.4 is 21.3 Å². The lowest BCUT2D eigenvalue weighted by Crippen LogP contribution is -2.44. The highest BCUT2D eigenvalue weighted by molar-refractivity contribution is 5.98. The van der Waals surface area contributed by atoms with Crippen LogP contribution in [-0.4, -0.2) is 51.6 Å². The summed E-state index contributed by atoms with van der Waals surface area (Å²) in [5.41, 5.74) is 8.45. The number of fused-ring (bicyclic) bond motifs is 1. The third kappa shape index (κ3) is 4.18. The van der Waals surface area contributed by atoms with Gasteiger partial charge in [-0.25, -0.2) is 9.97 Å². The zero-order valence-corrected chi connectivity index (χ0v) is 18.4. The highest BCUT2D eigenvalue weighted by Crippen LogP contribution is 2.26. The van der Waals surface area contributed by atoms with Crippen LogP contribution in [0.3, 0.4) is 0 Å². The summed E-state index contributed by atoms with van der Waals surface area (Å²) in [5.74, 6) is 1.72. The highest BCUT2D eigenvalue weighted by atomic mass is 16.2. The number of para-hydroxylation sites is 1. The quantitative estimate of drug-likeness (QED) is 0.557. The fourth-order valence-corrected chi connectivity index (χ4v) is 4.20. The van der Waals surface area contributed by atoms with E-state index in [1.54, 1.807) is 7.05 Å². The third-order valence-electron chi connectivity index (χ3n) is 5.70. The normalized spacial score (nSPS) is 16.5. The number of nitrogens with one attached hydrogen (secondary N) is 2. The summed E-state index contributed by atoms with van der Waals surface area (Å²) in [6.45, 7) is 6.47. The monoisotopic (exact) mass is 422 g/mol. The van der Waals surface area contributed by atoms with Crippen molar-refractivity contribution in [1.82, 2.24) is 24.8 Å². The number of carbonyl (C=O) groups is 1. The predicted molar refractivity (Wildman–Crippen MR) is 122 cm³/mol. The molecule has 31 heavy (non-hydrogen) atoms. The van der Waals surface area contributed by atoms with Crippen LogP contribution >= 0.6 is 0 Å². The summed E-state index contributed by atoms with van der Waals surface area (Å²) in [6, 6.07) is 8.00. The van der Waals surface area contributed by atoms with E-state index in [1.807, 2.05) is 42.7 Å². The maximum Gasteiger partial charge on any atom is 0.272 e. The molecule has 0 unspecified atom stereocenters. The molecular formula is C22H30N8O. The first kappa shape index (κ1) is 21.0. The Morgan fingerprint density at radius 1 is 1.26 bits per heavy atom. The number of aryl methyl sites for hydroxylation is 1. The predicted octanol–water partition coefficient (Wildman–Crippen LogP) is 2.05. The topological polar surface area (TPSA) is 114 Å². The molecule has 1 fully saturated rings. The molecular weight excluding hydrogens is 392 g/mol. The van der Waals surface area contributed by atoms with Crippen molar-refractivity contribution in [3.05, 3.63) is 41.5 Å². The zero-order chi connectivity index (χ0) is 22.0. The molecule has 3 heterocycles. The first-order valence-electron chi connectivity index (χ1n) is 10.8. The van der Waals surface area contributed by atoms with E-state index in [0.29, 0.717) is 23.9 Å². The van der Waals surface area contributed by atoms with Crippen LogP contribution in [0.25, 0.3) is 10.9 Å². The molecule has 4 rings (SSSR count). The van der Waals surface area contributed by atoms with Crippen molar-refractivity contribution >= 4 is 28.6 Å². The lowest BCUT2D eigenvalue weighted by Gasteiger charge is -2.31. The summed E-state index contributed by atoms with van der Waals surface area (Å²) in [6.07, 6.45) is 2.04. The molecule has 0 radical (unpaired) electrons. The van der Waals surface area contributed by atoms with Gasteiger partial charge >= 0.3 is 0 Å². The number of aromatic nitrogens is 4. The number of carbonyl (C=O) groups excluding carboxylic acids is 1. The van der Waals surface area contributed by atoms with Crippen LogP contribution in [0.5, 0.6) is 0 Å². The molecule has 1 aliphatic heterocycles. The number of hydrogen-bond donors (Lipinski definition) is 3. The van der Waals surface area contributed by atoms with E-state index in [4.69, 9.17) is 10.7 Å². The first-order chi connectivity index (χ1) is 15.0. The lowest BCUT2D eigenvalue weighted by atomic mass is 10.1. The molecule has 1 aromatic carbocycles. The fraction of sp³-hybridized carbons (Fsp3) is 0.455. The highest BCUT2D eigenvalue weighted by Gasteiger charge is 2.27.